The molecule has 0 radical (unpaired) electrons. The average molecular weight is 469 g/mol. The second-order valence-corrected chi connectivity index (χ2v) is 9.33. The minimum Gasteiger partial charge on any atom is -0.493 e. The van der Waals surface area contributed by atoms with Crippen molar-refractivity contribution in [2.45, 2.75) is 12.6 Å². The van der Waals surface area contributed by atoms with Crippen molar-refractivity contribution in [3.05, 3.63) is 89.5 Å². The third kappa shape index (κ3) is 7.23. The number of rotatable bonds is 11. The van der Waals surface area contributed by atoms with Crippen LogP contribution in [0.5, 0.6) is 11.5 Å². The zero-order valence-electron chi connectivity index (χ0n) is 18.5. The lowest BCUT2D eigenvalue weighted by molar-refractivity contribution is 0.284. The van der Waals surface area contributed by atoms with E-state index in [0.717, 1.165) is 23.1 Å². The number of hydrogen-bond acceptors (Lipinski definition) is 6. The summed E-state index contributed by atoms with van der Waals surface area (Å²) in [5.41, 5.74) is 8.73. The molecule has 8 nitrogen and oxygen atoms in total. The fraction of sp³-hybridized carbons (Fsp3) is 0.208. The van der Waals surface area contributed by atoms with Gasteiger partial charge in [-0.05, 0) is 47.5 Å². The fourth-order valence-electron chi connectivity index (χ4n) is 3.19. The van der Waals surface area contributed by atoms with Gasteiger partial charge in [0.2, 0.25) is 10.0 Å². The first-order valence-electron chi connectivity index (χ1n) is 10.3. The first-order chi connectivity index (χ1) is 15.7. The van der Waals surface area contributed by atoms with Crippen LogP contribution in [0.2, 0.25) is 0 Å². The van der Waals surface area contributed by atoms with Crippen molar-refractivity contribution >= 4 is 21.5 Å². The number of benzene rings is 3. The van der Waals surface area contributed by atoms with Crippen molar-refractivity contribution in [3.8, 4) is 11.5 Å². The molecule has 174 valence electrons. The quantitative estimate of drug-likeness (QED) is 0.253. The van der Waals surface area contributed by atoms with Crippen LogP contribution in [-0.4, -0.2) is 34.2 Å². The van der Waals surface area contributed by atoms with Crippen LogP contribution in [0.25, 0.3) is 0 Å². The summed E-state index contributed by atoms with van der Waals surface area (Å²) in [5.74, 6) is 1.11. The highest BCUT2D eigenvalue weighted by Gasteiger charge is 2.17. The van der Waals surface area contributed by atoms with Gasteiger partial charge in [-0.25, -0.2) is 13.1 Å². The van der Waals surface area contributed by atoms with Gasteiger partial charge < -0.3 is 20.5 Å². The number of nitrogens with two attached hydrogens (primary N) is 1. The van der Waals surface area contributed by atoms with E-state index < -0.39 is 10.0 Å². The molecular formula is C24H28N4O4S. The van der Waals surface area contributed by atoms with E-state index in [2.05, 4.69) is 10.0 Å². The molecule has 0 aliphatic carbocycles. The zero-order chi connectivity index (χ0) is 23.8. The average Bonchev–Trinajstić information content (AvgIpc) is 2.80. The summed E-state index contributed by atoms with van der Waals surface area (Å²) in [6.45, 7) is 0.525. The van der Waals surface area contributed by atoms with Gasteiger partial charge in [0.15, 0.2) is 11.5 Å². The minimum atomic E-state index is -3.39. The summed E-state index contributed by atoms with van der Waals surface area (Å²) in [5, 5.41) is 10.9. The topological polar surface area (TPSA) is 127 Å². The lowest BCUT2D eigenvalue weighted by Crippen LogP contribution is -2.30. The Balaban J connectivity index is 1.82. The van der Waals surface area contributed by atoms with Crippen LogP contribution in [0.3, 0.4) is 0 Å². The van der Waals surface area contributed by atoms with Crippen LogP contribution in [0.1, 0.15) is 22.7 Å². The number of sulfonamides is 1. The molecule has 5 N–H and O–H groups in total. The maximum absolute atomic E-state index is 11.7. The summed E-state index contributed by atoms with van der Waals surface area (Å²) in [6.07, 6.45) is 1.12. The van der Waals surface area contributed by atoms with E-state index >= 15 is 0 Å². The molecule has 0 saturated heterocycles. The molecule has 0 aliphatic heterocycles. The SMILES string of the molecule is COc1cc(C(CNS(C)(=O)=O)Nc2ccc(C(=N)N)cc2)ccc1OCc1ccccc1. The number of nitrogens with one attached hydrogen (secondary N) is 3. The number of hydrogen-bond donors (Lipinski definition) is 4. The molecule has 0 bridgehead atoms. The molecular weight excluding hydrogens is 440 g/mol. The molecule has 0 spiro atoms. The lowest BCUT2D eigenvalue weighted by Gasteiger charge is -2.22. The van der Waals surface area contributed by atoms with Crippen LogP contribution < -0.4 is 25.2 Å². The second kappa shape index (κ2) is 10.8. The Bertz CT molecular complexity index is 1180. The highest BCUT2D eigenvalue weighted by atomic mass is 32.2. The molecule has 1 atom stereocenters. The molecule has 9 heteroatoms. The Hall–Kier alpha value is -3.56. The lowest BCUT2D eigenvalue weighted by atomic mass is 10.1. The maximum atomic E-state index is 11.7. The Morgan fingerprint density at radius 1 is 1.03 bits per heavy atom. The van der Waals surface area contributed by atoms with E-state index in [1.165, 1.54) is 0 Å². The monoisotopic (exact) mass is 468 g/mol. The van der Waals surface area contributed by atoms with Gasteiger partial charge in [-0.15, -0.1) is 0 Å². The maximum Gasteiger partial charge on any atom is 0.208 e. The van der Waals surface area contributed by atoms with Gasteiger partial charge >= 0.3 is 0 Å². The van der Waals surface area contributed by atoms with Crippen LogP contribution in [0.15, 0.2) is 72.8 Å². The molecule has 1 unspecified atom stereocenters. The van der Waals surface area contributed by atoms with Crippen LogP contribution in [-0.2, 0) is 16.6 Å². The Morgan fingerprint density at radius 3 is 2.33 bits per heavy atom. The third-order valence-electron chi connectivity index (χ3n) is 4.91. The Morgan fingerprint density at radius 2 is 1.73 bits per heavy atom. The number of anilines is 1. The first-order valence-corrected chi connectivity index (χ1v) is 12.1. The molecule has 0 saturated carbocycles. The van der Waals surface area contributed by atoms with Crippen LogP contribution in [0.4, 0.5) is 5.69 Å². The first kappa shape index (κ1) is 24.1. The number of nitrogen functional groups attached to an aromatic ring is 1. The number of methoxy groups -OCH3 is 1. The van der Waals surface area contributed by atoms with E-state index in [4.69, 9.17) is 20.6 Å². The predicted molar refractivity (Wildman–Crippen MR) is 130 cm³/mol. The van der Waals surface area contributed by atoms with Crippen LogP contribution >= 0.6 is 0 Å². The molecule has 0 heterocycles. The normalized spacial score (nSPS) is 12.1. The second-order valence-electron chi connectivity index (χ2n) is 7.49. The van der Waals surface area contributed by atoms with Gasteiger partial charge in [0.25, 0.3) is 0 Å². The minimum absolute atomic E-state index is 0.0207. The third-order valence-corrected chi connectivity index (χ3v) is 5.60. The van der Waals surface area contributed by atoms with Gasteiger partial charge in [0.05, 0.1) is 19.4 Å². The van der Waals surface area contributed by atoms with Crippen molar-refractivity contribution in [2.75, 3.05) is 25.2 Å². The Kier molecular flexibility index (Phi) is 7.92. The van der Waals surface area contributed by atoms with Crippen molar-refractivity contribution in [1.29, 1.82) is 5.41 Å². The molecule has 33 heavy (non-hydrogen) atoms. The smallest absolute Gasteiger partial charge is 0.208 e. The van der Waals surface area contributed by atoms with Gasteiger partial charge in [-0.3, -0.25) is 5.41 Å². The van der Waals surface area contributed by atoms with Gasteiger partial charge in [-0.2, -0.15) is 0 Å². The van der Waals surface area contributed by atoms with Crippen molar-refractivity contribution in [3.63, 3.8) is 0 Å². The summed E-state index contributed by atoms with van der Waals surface area (Å²) in [6, 6.07) is 22.0. The summed E-state index contributed by atoms with van der Waals surface area (Å²) in [4.78, 5) is 0. The highest BCUT2D eigenvalue weighted by molar-refractivity contribution is 7.88. The predicted octanol–water partition coefficient (Wildman–Crippen LogP) is 3.26. The molecule has 3 rings (SSSR count). The van der Waals surface area contributed by atoms with E-state index in [0.29, 0.717) is 23.7 Å². The fourth-order valence-corrected chi connectivity index (χ4v) is 3.66. The number of amidine groups is 1. The van der Waals surface area contributed by atoms with E-state index in [9.17, 15) is 8.42 Å². The molecule has 3 aromatic rings. The van der Waals surface area contributed by atoms with E-state index in [-0.39, 0.29) is 18.4 Å². The van der Waals surface area contributed by atoms with E-state index in [1.807, 2.05) is 48.5 Å². The standard InChI is InChI=1S/C24H28N4O4S/c1-31-23-14-19(10-13-22(23)32-16-17-6-4-3-5-7-17)21(15-27-33(2,29)30)28-20-11-8-18(9-12-20)24(25)26/h3-14,21,27-28H,15-16H2,1-2H3,(H3,25,26). The zero-order valence-corrected chi connectivity index (χ0v) is 19.4. The summed E-state index contributed by atoms with van der Waals surface area (Å²) >= 11 is 0. The van der Waals surface area contributed by atoms with E-state index in [1.54, 1.807) is 31.4 Å². The molecule has 0 fully saturated rings. The summed E-state index contributed by atoms with van der Waals surface area (Å²) < 4.78 is 37.4. The number of ether oxygens (including phenoxy) is 2. The Labute approximate surface area is 194 Å². The van der Waals surface area contributed by atoms with Crippen molar-refractivity contribution < 1.29 is 17.9 Å². The molecule has 0 aromatic heterocycles. The van der Waals surface area contributed by atoms with Crippen molar-refractivity contribution in [1.82, 2.24) is 4.72 Å². The van der Waals surface area contributed by atoms with Crippen molar-refractivity contribution in [2.24, 2.45) is 5.73 Å². The van der Waals surface area contributed by atoms with Gasteiger partial charge in [0, 0.05) is 17.8 Å². The van der Waals surface area contributed by atoms with Gasteiger partial charge in [-0.1, -0.05) is 36.4 Å². The molecule has 0 amide bonds. The molecule has 3 aromatic carbocycles. The highest BCUT2D eigenvalue weighted by Crippen LogP contribution is 2.32. The molecule has 0 aliphatic rings. The van der Waals surface area contributed by atoms with Crippen LogP contribution in [0, 0.1) is 5.41 Å². The van der Waals surface area contributed by atoms with Gasteiger partial charge in [0.1, 0.15) is 12.4 Å². The largest absolute Gasteiger partial charge is 0.493 e. The summed E-state index contributed by atoms with van der Waals surface area (Å²) in [7, 11) is -1.83.